The Morgan fingerprint density at radius 2 is 2.00 bits per heavy atom. The minimum absolute atomic E-state index is 0.128. The highest BCUT2D eigenvalue weighted by atomic mass is 32.1. The average Bonchev–Trinajstić information content (AvgIpc) is 3.24. The number of nitrogen functional groups attached to an aromatic ring is 1. The second-order valence-electron chi connectivity index (χ2n) is 8.19. The summed E-state index contributed by atoms with van der Waals surface area (Å²) in [5, 5.41) is 3.79. The zero-order valence-corrected chi connectivity index (χ0v) is 19.6. The molecule has 180 valence electrons. The Balaban J connectivity index is 1.17. The third kappa shape index (κ3) is 5.41. The molecule has 10 heteroatoms. The molecule has 2 aliphatic heterocycles. The van der Waals surface area contributed by atoms with E-state index in [1.54, 1.807) is 6.08 Å². The molecular weight excluding hydrogens is 456 g/mol. The van der Waals surface area contributed by atoms with Crippen LogP contribution in [0, 0.1) is 0 Å². The van der Waals surface area contributed by atoms with E-state index in [1.807, 2.05) is 30.3 Å². The molecule has 1 unspecified atom stereocenters. The number of rotatable bonds is 8. The van der Waals surface area contributed by atoms with Crippen LogP contribution < -0.4 is 15.8 Å². The molecule has 2 fully saturated rings. The fourth-order valence-corrected chi connectivity index (χ4v) is 4.91. The van der Waals surface area contributed by atoms with Gasteiger partial charge in [0.2, 0.25) is 5.78 Å². The number of allylic oxidation sites excluding steroid dienone is 2. The smallest absolute Gasteiger partial charge is 0.202 e. The summed E-state index contributed by atoms with van der Waals surface area (Å²) in [6.45, 7) is 6.05. The number of thiazole rings is 1. The van der Waals surface area contributed by atoms with Crippen molar-refractivity contribution in [3.05, 3.63) is 52.6 Å². The molecule has 2 saturated heterocycles. The first-order valence-electron chi connectivity index (χ1n) is 11.4. The van der Waals surface area contributed by atoms with Crippen molar-refractivity contribution in [3.63, 3.8) is 0 Å². The van der Waals surface area contributed by atoms with Gasteiger partial charge in [0.05, 0.1) is 19.8 Å². The summed E-state index contributed by atoms with van der Waals surface area (Å²) in [7, 11) is 0. The number of carbonyl (C=O) groups excluding carboxylic acids is 1. The number of anilines is 3. The Hall–Kier alpha value is -2.92. The molecule has 1 atom stereocenters. The van der Waals surface area contributed by atoms with Gasteiger partial charge in [-0.2, -0.15) is 0 Å². The summed E-state index contributed by atoms with van der Waals surface area (Å²) >= 11 is 1.24. The molecule has 0 bridgehead atoms. The van der Waals surface area contributed by atoms with Crippen LogP contribution in [0.5, 0.6) is 5.75 Å². The molecule has 34 heavy (non-hydrogen) atoms. The molecule has 1 aliphatic carbocycles. The second-order valence-corrected chi connectivity index (χ2v) is 9.19. The number of hydrogen-bond acceptors (Lipinski definition) is 10. The van der Waals surface area contributed by atoms with Gasteiger partial charge < -0.3 is 30.0 Å². The second kappa shape index (κ2) is 10.6. The van der Waals surface area contributed by atoms with E-state index in [0.717, 1.165) is 50.0 Å². The van der Waals surface area contributed by atoms with Crippen molar-refractivity contribution >= 4 is 33.8 Å². The number of ether oxygens (including phenoxy) is 4. The lowest BCUT2D eigenvalue weighted by Crippen LogP contribution is -2.38. The molecule has 3 heterocycles. The highest BCUT2D eigenvalue weighted by Crippen LogP contribution is 2.33. The van der Waals surface area contributed by atoms with Crippen LogP contribution >= 0.6 is 11.3 Å². The molecule has 0 radical (unpaired) electrons. The van der Waals surface area contributed by atoms with Crippen LogP contribution in [0.25, 0.3) is 0 Å². The van der Waals surface area contributed by atoms with Gasteiger partial charge in [-0.05, 0) is 30.3 Å². The van der Waals surface area contributed by atoms with Gasteiger partial charge >= 0.3 is 0 Å². The van der Waals surface area contributed by atoms with Crippen LogP contribution in [0.3, 0.4) is 0 Å². The Kier molecular flexibility index (Phi) is 7.10. The number of nitrogens with two attached hydrogens (primary N) is 1. The molecule has 0 saturated carbocycles. The van der Waals surface area contributed by atoms with Crippen molar-refractivity contribution in [1.29, 1.82) is 0 Å². The van der Waals surface area contributed by atoms with Gasteiger partial charge in [0.25, 0.3) is 0 Å². The summed E-state index contributed by atoms with van der Waals surface area (Å²) in [4.78, 5) is 20.2. The van der Waals surface area contributed by atoms with Crippen LogP contribution in [0.2, 0.25) is 0 Å². The van der Waals surface area contributed by atoms with E-state index in [2.05, 4.69) is 15.2 Å². The Morgan fingerprint density at radius 1 is 1.18 bits per heavy atom. The lowest BCUT2D eigenvalue weighted by molar-refractivity contribution is -0.0424. The number of hydrogen-bond donors (Lipinski definition) is 2. The number of ketones is 1. The monoisotopic (exact) mass is 484 g/mol. The lowest BCUT2D eigenvalue weighted by Gasteiger charge is -2.29. The van der Waals surface area contributed by atoms with E-state index >= 15 is 0 Å². The third-order valence-electron chi connectivity index (χ3n) is 5.88. The summed E-state index contributed by atoms with van der Waals surface area (Å²) in [5.41, 5.74) is 7.56. The predicted molar refractivity (Wildman–Crippen MR) is 130 cm³/mol. The van der Waals surface area contributed by atoms with E-state index in [9.17, 15) is 4.79 Å². The average molecular weight is 485 g/mol. The number of Topliss-reactive ketones (excluding diaryl/α,β-unsaturated/α-hetero) is 1. The number of morpholine rings is 1. The number of carbonyl (C=O) groups is 1. The van der Waals surface area contributed by atoms with Crippen molar-refractivity contribution in [1.82, 2.24) is 9.88 Å². The van der Waals surface area contributed by atoms with Crippen LogP contribution in [-0.2, 0) is 14.2 Å². The van der Waals surface area contributed by atoms with Gasteiger partial charge in [-0.25, -0.2) is 4.98 Å². The fraction of sp³-hybridized carbons (Fsp3) is 0.417. The van der Waals surface area contributed by atoms with Gasteiger partial charge in [-0.3, -0.25) is 9.69 Å². The molecular formula is C24H28N4O5S. The maximum absolute atomic E-state index is 13.1. The molecule has 9 nitrogen and oxygen atoms in total. The van der Waals surface area contributed by atoms with Gasteiger partial charge in [-0.1, -0.05) is 17.4 Å². The zero-order chi connectivity index (χ0) is 23.3. The summed E-state index contributed by atoms with van der Waals surface area (Å²) < 4.78 is 22.5. The molecule has 3 N–H and O–H groups in total. The number of benzene rings is 1. The van der Waals surface area contributed by atoms with E-state index in [1.165, 1.54) is 11.3 Å². The molecule has 1 aromatic carbocycles. The van der Waals surface area contributed by atoms with Crippen LogP contribution in [0.15, 0.2) is 47.7 Å². The van der Waals surface area contributed by atoms with Gasteiger partial charge in [0, 0.05) is 37.3 Å². The predicted octanol–water partition coefficient (Wildman–Crippen LogP) is 2.99. The number of nitrogens with zero attached hydrogens (tertiary/aromatic N) is 2. The Labute approximate surface area is 202 Å². The largest absolute Gasteiger partial charge is 0.493 e. The minimum Gasteiger partial charge on any atom is -0.493 e. The van der Waals surface area contributed by atoms with E-state index in [4.69, 9.17) is 24.7 Å². The van der Waals surface area contributed by atoms with Crippen molar-refractivity contribution < 1.29 is 23.7 Å². The summed E-state index contributed by atoms with van der Waals surface area (Å²) in [6, 6.07) is 7.65. The fourth-order valence-electron chi connectivity index (χ4n) is 4.03. The van der Waals surface area contributed by atoms with Crippen molar-refractivity contribution in [2.24, 2.45) is 0 Å². The van der Waals surface area contributed by atoms with Crippen LogP contribution in [0.1, 0.15) is 16.1 Å². The molecule has 5 rings (SSSR count). The molecule has 0 amide bonds. The first-order chi connectivity index (χ1) is 16.7. The first-order valence-corrected chi connectivity index (χ1v) is 12.2. The van der Waals surface area contributed by atoms with Gasteiger partial charge in [0.15, 0.2) is 5.13 Å². The van der Waals surface area contributed by atoms with Gasteiger partial charge in [0.1, 0.15) is 41.5 Å². The normalized spacial score (nSPS) is 20.5. The van der Waals surface area contributed by atoms with E-state index in [-0.39, 0.29) is 17.7 Å². The summed E-state index contributed by atoms with van der Waals surface area (Å²) in [6.07, 6.45) is 3.85. The van der Waals surface area contributed by atoms with Gasteiger partial charge in [-0.15, -0.1) is 0 Å². The zero-order valence-electron chi connectivity index (χ0n) is 18.8. The van der Waals surface area contributed by atoms with Crippen LogP contribution in [-0.4, -0.2) is 74.4 Å². The molecule has 0 spiro atoms. The van der Waals surface area contributed by atoms with E-state index in [0.29, 0.717) is 41.8 Å². The van der Waals surface area contributed by atoms with E-state index < -0.39 is 0 Å². The minimum atomic E-state index is -0.209. The Morgan fingerprint density at radius 3 is 2.82 bits per heavy atom. The quantitative estimate of drug-likeness (QED) is 0.547. The maximum atomic E-state index is 13.1. The lowest BCUT2D eigenvalue weighted by atomic mass is 9.96. The molecule has 2 aromatic rings. The van der Waals surface area contributed by atoms with Crippen molar-refractivity contribution in [3.8, 4) is 5.75 Å². The van der Waals surface area contributed by atoms with Crippen molar-refractivity contribution in [2.45, 2.75) is 12.5 Å². The third-order valence-corrected chi connectivity index (χ3v) is 6.86. The first kappa shape index (κ1) is 22.9. The van der Waals surface area contributed by atoms with Crippen molar-refractivity contribution in [2.75, 3.05) is 63.7 Å². The standard InChI is InChI=1S/C24H28N4O5S/c25-23-22(21(29)16-1-6-19-20(15-16)33-14-13-32-19)34-24(27-23)26-17-2-4-18(5-3-17)31-12-9-28-7-10-30-11-8-28/h1-6,20H,7-15,25H2,(H,26,27). The number of nitrogens with one attached hydrogen (secondary N) is 1. The number of fused-ring (bicyclic) bond motifs is 1. The SMILES string of the molecule is Nc1nc(Nc2ccc(OCCN3CCOCC3)cc2)sc1C(=O)C1=CC=C2OCCOC2C1. The molecule has 3 aliphatic rings. The Bertz CT molecular complexity index is 1080. The highest BCUT2D eigenvalue weighted by molar-refractivity contribution is 7.18. The van der Waals surface area contributed by atoms with Crippen LogP contribution in [0.4, 0.5) is 16.6 Å². The maximum Gasteiger partial charge on any atom is 0.202 e. The highest BCUT2D eigenvalue weighted by Gasteiger charge is 2.29. The number of aromatic nitrogens is 1. The molecule has 1 aromatic heterocycles. The summed E-state index contributed by atoms with van der Waals surface area (Å²) in [5.74, 6) is 1.67. The topological polar surface area (TPSA) is 108 Å².